The summed E-state index contributed by atoms with van der Waals surface area (Å²) in [5.74, 6) is 0.836. The second-order valence-corrected chi connectivity index (χ2v) is 4.63. The van der Waals surface area contributed by atoms with Crippen LogP contribution in [0.5, 0.6) is 6.01 Å². The molecule has 6 heteroatoms. The van der Waals surface area contributed by atoms with Crippen LogP contribution in [0.15, 0.2) is 0 Å². The number of hydrogen-bond acceptors (Lipinski definition) is 6. The zero-order valence-corrected chi connectivity index (χ0v) is 10.6. The van der Waals surface area contributed by atoms with Crippen LogP contribution in [0, 0.1) is 0 Å². The smallest absolute Gasteiger partial charge is 0.323 e. The van der Waals surface area contributed by atoms with Gasteiger partial charge < -0.3 is 15.4 Å². The molecule has 0 radical (unpaired) electrons. The molecular weight excluding hydrogens is 218 g/mol. The van der Waals surface area contributed by atoms with E-state index in [1.807, 2.05) is 13.8 Å². The highest BCUT2D eigenvalue weighted by molar-refractivity contribution is 5.38. The molecule has 0 spiro atoms. The summed E-state index contributed by atoms with van der Waals surface area (Å²) in [6.45, 7) is 6.98. The van der Waals surface area contributed by atoms with Crippen LogP contribution in [-0.2, 0) is 0 Å². The Morgan fingerprint density at radius 2 is 2.12 bits per heavy atom. The molecule has 1 aromatic heterocycles. The molecule has 2 heterocycles. The predicted octanol–water partition coefficient (Wildman–Crippen LogP) is 1.23. The van der Waals surface area contributed by atoms with Crippen LogP contribution in [0.4, 0.5) is 11.9 Å². The van der Waals surface area contributed by atoms with Crippen molar-refractivity contribution in [1.29, 1.82) is 0 Å². The van der Waals surface area contributed by atoms with E-state index in [2.05, 4.69) is 26.8 Å². The first-order valence-electron chi connectivity index (χ1n) is 6.01. The van der Waals surface area contributed by atoms with Crippen molar-refractivity contribution < 1.29 is 4.74 Å². The third kappa shape index (κ3) is 2.75. The predicted molar refractivity (Wildman–Crippen MR) is 66.0 cm³/mol. The van der Waals surface area contributed by atoms with Gasteiger partial charge in [0.05, 0.1) is 6.10 Å². The molecule has 1 aromatic rings. The first kappa shape index (κ1) is 11.9. The van der Waals surface area contributed by atoms with E-state index in [-0.39, 0.29) is 12.1 Å². The molecule has 1 fully saturated rings. The molecule has 6 nitrogen and oxygen atoms in total. The minimum atomic E-state index is 0.0284. The van der Waals surface area contributed by atoms with Crippen molar-refractivity contribution >= 4 is 11.9 Å². The van der Waals surface area contributed by atoms with Crippen LogP contribution in [0.1, 0.15) is 33.6 Å². The molecular formula is C11H19N5O. The molecule has 1 atom stereocenters. The maximum absolute atomic E-state index is 5.68. The SMILES string of the molecule is CC(C)Oc1nc(N)nc(N2CCCC2C)n1. The molecule has 17 heavy (non-hydrogen) atoms. The molecule has 0 amide bonds. The standard InChI is InChI=1S/C11H19N5O/c1-7(2)17-11-14-9(12)13-10(15-11)16-6-4-5-8(16)3/h7-8H,4-6H2,1-3H3,(H2,12,13,14,15). The lowest BCUT2D eigenvalue weighted by Gasteiger charge is -2.21. The highest BCUT2D eigenvalue weighted by Crippen LogP contribution is 2.23. The van der Waals surface area contributed by atoms with Crippen molar-refractivity contribution in [3.63, 3.8) is 0 Å². The number of nitrogens with zero attached hydrogens (tertiary/aromatic N) is 4. The van der Waals surface area contributed by atoms with E-state index < -0.39 is 0 Å². The zero-order chi connectivity index (χ0) is 12.4. The fraction of sp³-hybridized carbons (Fsp3) is 0.727. The molecule has 94 valence electrons. The first-order valence-corrected chi connectivity index (χ1v) is 6.01. The summed E-state index contributed by atoms with van der Waals surface area (Å²) in [6.07, 6.45) is 2.35. The van der Waals surface area contributed by atoms with E-state index in [9.17, 15) is 0 Å². The molecule has 0 aliphatic carbocycles. The van der Waals surface area contributed by atoms with Crippen molar-refractivity contribution in [3.8, 4) is 6.01 Å². The van der Waals surface area contributed by atoms with Gasteiger partial charge in [-0.05, 0) is 33.6 Å². The van der Waals surface area contributed by atoms with E-state index in [1.54, 1.807) is 0 Å². The van der Waals surface area contributed by atoms with Crippen molar-refractivity contribution in [2.24, 2.45) is 0 Å². The van der Waals surface area contributed by atoms with Gasteiger partial charge in [0.15, 0.2) is 0 Å². The fourth-order valence-corrected chi connectivity index (χ4v) is 1.98. The van der Waals surface area contributed by atoms with Gasteiger partial charge in [-0.25, -0.2) is 0 Å². The second kappa shape index (κ2) is 4.73. The van der Waals surface area contributed by atoms with Crippen LogP contribution in [0.2, 0.25) is 0 Å². The maximum atomic E-state index is 5.68. The normalized spacial score (nSPS) is 20.0. The topological polar surface area (TPSA) is 77.2 Å². The van der Waals surface area contributed by atoms with Gasteiger partial charge >= 0.3 is 6.01 Å². The van der Waals surface area contributed by atoms with Gasteiger partial charge in [-0.1, -0.05) is 0 Å². The van der Waals surface area contributed by atoms with E-state index >= 15 is 0 Å². The van der Waals surface area contributed by atoms with Gasteiger partial charge in [0, 0.05) is 12.6 Å². The Morgan fingerprint density at radius 3 is 2.71 bits per heavy atom. The Morgan fingerprint density at radius 1 is 1.35 bits per heavy atom. The van der Waals surface area contributed by atoms with Crippen molar-refractivity contribution in [3.05, 3.63) is 0 Å². The van der Waals surface area contributed by atoms with E-state index in [0.717, 1.165) is 19.4 Å². The van der Waals surface area contributed by atoms with Crippen LogP contribution in [0.25, 0.3) is 0 Å². The summed E-state index contributed by atoms with van der Waals surface area (Å²) >= 11 is 0. The Hall–Kier alpha value is -1.59. The zero-order valence-electron chi connectivity index (χ0n) is 10.6. The number of nitrogen functional groups attached to an aromatic ring is 1. The van der Waals surface area contributed by atoms with E-state index in [0.29, 0.717) is 18.0 Å². The quantitative estimate of drug-likeness (QED) is 0.852. The first-order chi connectivity index (χ1) is 8.06. The molecule has 2 N–H and O–H groups in total. The molecule has 1 saturated heterocycles. The number of ether oxygens (including phenoxy) is 1. The lowest BCUT2D eigenvalue weighted by Crippen LogP contribution is -2.29. The minimum Gasteiger partial charge on any atom is -0.461 e. The molecule has 1 aliphatic rings. The summed E-state index contributed by atoms with van der Waals surface area (Å²) in [6, 6.07) is 0.755. The van der Waals surface area contributed by atoms with Gasteiger partial charge in [-0.2, -0.15) is 15.0 Å². The monoisotopic (exact) mass is 237 g/mol. The summed E-state index contributed by atoms with van der Waals surface area (Å²) in [4.78, 5) is 14.6. The Bertz CT molecular complexity index is 395. The van der Waals surface area contributed by atoms with Gasteiger partial charge in [0.1, 0.15) is 0 Å². The lowest BCUT2D eigenvalue weighted by atomic mass is 10.2. The molecule has 2 rings (SSSR count). The third-order valence-corrected chi connectivity index (χ3v) is 2.77. The largest absolute Gasteiger partial charge is 0.461 e. The average Bonchev–Trinajstić information content (AvgIpc) is 2.62. The molecule has 0 saturated carbocycles. The van der Waals surface area contributed by atoms with Gasteiger partial charge in [-0.15, -0.1) is 0 Å². The van der Waals surface area contributed by atoms with Crippen molar-refractivity contribution in [2.45, 2.75) is 45.8 Å². The molecule has 1 unspecified atom stereocenters. The van der Waals surface area contributed by atoms with Crippen LogP contribution in [0.3, 0.4) is 0 Å². The van der Waals surface area contributed by atoms with E-state index in [1.165, 1.54) is 0 Å². The van der Waals surface area contributed by atoms with Crippen molar-refractivity contribution in [1.82, 2.24) is 15.0 Å². The van der Waals surface area contributed by atoms with Crippen molar-refractivity contribution in [2.75, 3.05) is 17.2 Å². The number of hydrogen-bond donors (Lipinski definition) is 1. The van der Waals surface area contributed by atoms with E-state index in [4.69, 9.17) is 10.5 Å². The highest BCUT2D eigenvalue weighted by atomic mass is 16.5. The van der Waals surface area contributed by atoms with Gasteiger partial charge in [0.25, 0.3) is 0 Å². The lowest BCUT2D eigenvalue weighted by molar-refractivity contribution is 0.222. The minimum absolute atomic E-state index is 0.0284. The maximum Gasteiger partial charge on any atom is 0.323 e. The fourth-order valence-electron chi connectivity index (χ4n) is 1.98. The summed E-state index contributed by atoms with van der Waals surface area (Å²) in [5.41, 5.74) is 5.68. The average molecular weight is 237 g/mol. The number of rotatable bonds is 3. The van der Waals surface area contributed by atoms with Crippen LogP contribution in [-0.4, -0.2) is 33.6 Å². The number of nitrogens with two attached hydrogens (primary N) is 1. The van der Waals surface area contributed by atoms with Gasteiger partial charge in [-0.3, -0.25) is 0 Å². The Labute approximate surface area is 101 Å². The summed E-state index contributed by atoms with van der Waals surface area (Å²) in [7, 11) is 0. The van der Waals surface area contributed by atoms with Crippen LogP contribution < -0.4 is 15.4 Å². The van der Waals surface area contributed by atoms with Gasteiger partial charge in [0.2, 0.25) is 11.9 Å². The number of aromatic nitrogens is 3. The molecule has 0 aromatic carbocycles. The Kier molecular flexibility index (Phi) is 3.31. The third-order valence-electron chi connectivity index (χ3n) is 2.77. The summed E-state index contributed by atoms with van der Waals surface area (Å²) < 4.78 is 5.46. The van der Waals surface area contributed by atoms with Crippen LogP contribution >= 0.6 is 0 Å². The Balaban J connectivity index is 2.24. The number of anilines is 2. The highest BCUT2D eigenvalue weighted by Gasteiger charge is 2.24. The second-order valence-electron chi connectivity index (χ2n) is 4.63. The molecule has 1 aliphatic heterocycles. The molecule has 0 bridgehead atoms. The summed E-state index contributed by atoms with van der Waals surface area (Å²) in [5, 5.41) is 0.